The maximum Gasteiger partial charge on any atom is 0.255 e. The Balaban J connectivity index is 1.69. The third kappa shape index (κ3) is 5.20. The molecule has 7 nitrogen and oxygen atoms in total. The Kier molecular flexibility index (Phi) is 6.19. The van der Waals surface area contributed by atoms with Gasteiger partial charge in [-0.05, 0) is 43.0 Å². The highest BCUT2D eigenvalue weighted by molar-refractivity contribution is 7.95. The highest BCUT2D eigenvalue weighted by Crippen LogP contribution is 2.20. The predicted molar refractivity (Wildman–Crippen MR) is 111 cm³/mol. The molecule has 2 aromatic rings. The molecule has 1 N–H and O–H groups in total. The highest BCUT2D eigenvalue weighted by Gasteiger charge is 2.27. The Morgan fingerprint density at radius 1 is 0.857 bits per heavy atom. The van der Waals surface area contributed by atoms with Crippen LogP contribution in [0, 0.1) is 0 Å². The number of nitrogens with one attached hydrogen (secondary N) is 1. The molecule has 1 saturated heterocycles. The number of sulfonamides is 2. The van der Waals surface area contributed by atoms with Crippen molar-refractivity contribution in [1.29, 1.82) is 0 Å². The molecule has 9 heteroatoms. The van der Waals surface area contributed by atoms with Crippen molar-refractivity contribution in [2.45, 2.75) is 4.90 Å². The summed E-state index contributed by atoms with van der Waals surface area (Å²) >= 11 is 0. The second-order valence-electron chi connectivity index (χ2n) is 6.59. The van der Waals surface area contributed by atoms with E-state index >= 15 is 0 Å². The van der Waals surface area contributed by atoms with Gasteiger partial charge in [-0.1, -0.05) is 30.3 Å². The summed E-state index contributed by atoms with van der Waals surface area (Å²) in [4.78, 5) is 2.23. The van der Waals surface area contributed by atoms with E-state index in [1.807, 2.05) is 25.2 Å². The zero-order valence-corrected chi connectivity index (χ0v) is 17.2. The van der Waals surface area contributed by atoms with Gasteiger partial charge in [0.15, 0.2) is 0 Å². The number of piperazine rings is 1. The van der Waals surface area contributed by atoms with Crippen molar-refractivity contribution >= 4 is 31.8 Å². The van der Waals surface area contributed by atoms with E-state index in [1.165, 1.54) is 34.6 Å². The first-order valence-electron chi connectivity index (χ1n) is 8.81. The first kappa shape index (κ1) is 20.5. The summed E-state index contributed by atoms with van der Waals surface area (Å²) in [6.07, 6.45) is 1.49. The van der Waals surface area contributed by atoms with E-state index < -0.39 is 20.0 Å². The van der Waals surface area contributed by atoms with Crippen LogP contribution in [0.1, 0.15) is 5.56 Å². The molecule has 0 bridgehead atoms. The third-order valence-electron chi connectivity index (χ3n) is 4.45. The Labute approximate surface area is 166 Å². The number of nitrogens with zero attached hydrogens (tertiary/aromatic N) is 2. The van der Waals surface area contributed by atoms with Crippen molar-refractivity contribution in [2.75, 3.05) is 37.9 Å². The minimum atomic E-state index is -3.70. The molecular formula is C19H23N3O4S2. The molecule has 0 aromatic heterocycles. The van der Waals surface area contributed by atoms with Crippen LogP contribution in [0.3, 0.4) is 0 Å². The lowest BCUT2D eigenvalue weighted by Gasteiger charge is -2.31. The van der Waals surface area contributed by atoms with Gasteiger partial charge in [-0.3, -0.25) is 4.72 Å². The van der Waals surface area contributed by atoms with E-state index in [2.05, 4.69) is 9.62 Å². The molecule has 0 saturated carbocycles. The lowest BCUT2D eigenvalue weighted by Crippen LogP contribution is -2.46. The normalized spacial score (nSPS) is 17.0. The van der Waals surface area contributed by atoms with Crippen molar-refractivity contribution in [1.82, 2.24) is 9.21 Å². The van der Waals surface area contributed by atoms with Crippen LogP contribution in [-0.4, -0.2) is 59.3 Å². The lowest BCUT2D eigenvalue weighted by molar-refractivity contribution is 0.222. The van der Waals surface area contributed by atoms with Crippen molar-refractivity contribution in [3.05, 3.63) is 65.6 Å². The van der Waals surface area contributed by atoms with Gasteiger partial charge in [0.2, 0.25) is 10.0 Å². The zero-order valence-electron chi connectivity index (χ0n) is 15.5. The Morgan fingerprint density at radius 3 is 2.07 bits per heavy atom. The molecule has 2 aromatic carbocycles. The minimum Gasteiger partial charge on any atom is -0.304 e. The Morgan fingerprint density at radius 2 is 1.46 bits per heavy atom. The standard InChI is InChI=1S/C19H23N3O4S2/c1-21-12-14-22(15-13-21)28(25,26)19-9-7-18(8-10-19)20-27(23,24)16-11-17-5-3-2-4-6-17/h2-11,16,20H,12-15H2,1H3/b16-11+. The van der Waals surface area contributed by atoms with Gasteiger partial charge in [0.25, 0.3) is 10.0 Å². The quantitative estimate of drug-likeness (QED) is 0.771. The maximum atomic E-state index is 12.7. The van der Waals surface area contributed by atoms with E-state index in [-0.39, 0.29) is 4.90 Å². The fourth-order valence-corrected chi connectivity index (χ4v) is 5.09. The second-order valence-corrected chi connectivity index (χ2v) is 10.1. The van der Waals surface area contributed by atoms with E-state index in [9.17, 15) is 16.8 Å². The monoisotopic (exact) mass is 421 g/mol. The average molecular weight is 422 g/mol. The number of benzene rings is 2. The minimum absolute atomic E-state index is 0.153. The third-order valence-corrected chi connectivity index (χ3v) is 7.38. The van der Waals surface area contributed by atoms with E-state index in [0.717, 1.165) is 11.0 Å². The van der Waals surface area contributed by atoms with Gasteiger partial charge in [-0.2, -0.15) is 4.31 Å². The SMILES string of the molecule is CN1CCN(S(=O)(=O)c2ccc(NS(=O)(=O)/C=C/c3ccccc3)cc2)CC1. The Bertz CT molecular complexity index is 1030. The lowest BCUT2D eigenvalue weighted by atomic mass is 10.2. The molecular weight excluding hydrogens is 398 g/mol. The van der Waals surface area contributed by atoms with Crippen LogP contribution < -0.4 is 4.72 Å². The summed E-state index contributed by atoms with van der Waals surface area (Å²) in [5.74, 6) is 0. The first-order valence-corrected chi connectivity index (χ1v) is 11.8. The Hall–Kier alpha value is -2.20. The second kappa shape index (κ2) is 8.44. The van der Waals surface area contributed by atoms with E-state index in [1.54, 1.807) is 12.1 Å². The molecule has 0 atom stereocenters. The molecule has 0 amide bonds. The van der Waals surface area contributed by atoms with Crippen molar-refractivity contribution in [3.8, 4) is 0 Å². The molecule has 28 heavy (non-hydrogen) atoms. The summed E-state index contributed by atoms with van der Waals surface area (Å²) < 4.78 is 53.7. The highest BCUT2D eigenvalue weighted by atomic mass is 32.2. The topological polar surface area (TPSA) is 86.8 Å². The van der Waals surface area contributed by atoms with Crippen LogP contribution >= 0.6 is 0 Å². The van der Waals surface area contributed by atoms with Crippen LogP contribution in [0.2, 0.25) is 0 Å². The molecule has 0 radical (unpaired) electrons. The van der Waals surface area contributed by atoms with Gasteiger partial charge in [0, 0.05) is 31.9 Å². The smallest absolute Gasteiger partial charge is 0.255 e. The van der Waals surface area contributed by atoms with Crippen LogP contribution in [0.15, 0.2) is 64.9 Å². The molecule has 1 aliphatic rings. The van der Waals surface area contributed by atoms with Gasteiger partial charge in [-0.15, -0.1) is 0 Å². The van der Waals surface area contributed by atoms with Crippen LogP contribution in [0.5, 0.6) is 0 Å². The molecule has 0 unspecified atom stereocenters. The van der Waals surface area contributed by atoms with Crippen molar-refractivity contribution in [2.24, 2.45) is 0 Å². The molecule has 0 spiro atoms. The molecule has 0 aliphatic carbocycles. The maximum absolute atomic E-state index is 12.7. The largest absolute Gasteiger partial charge is 0.304 e. The van der Waals surface area contributed by atoms with E-state index in [4.69, 9.17) is 0 Å². The molecule has 1 aliphatic heterocycles. The molecule has 150 valence electrons. The number of hydrogen-bond acceptors (Lipinski definition) is 5. The predicted octanol–water partition coefficient (Wildman–Crippen LogP) is 2.04. The van der Waals surface area contributed by atoms with Gasteiger partial charge >= 0.3 is 0 Å². The first-order chi connectivity index (χ1) is 13.3. The van der Waals surface area contributed by atoms with Crippen LogP contribution in [0.4, 0.5) is 5.69 Å². The molecule has 3 rings (SSSR count). The summed E-state index contributed by atoms with van der Waals surface area (Å²) in [6.45, 7) is 2.25. The van der Waals surface area contributed by atoms with Gasteiger partial charge in [-0.25, -0.2) is 16.8 Å². The van der Waals surface area contributed by atoms with Crippen molar-refractivity contribution in [3.63, 3.8) is 0 Å². The van der Waals surface area contributed by atoms with E-state index in [0.29, 0.717) is 31.9 Å². The van der Waals surface area contributed by atoms with Gasteiger partial charge in [0.1, 0.15) is 0 Å². The number of rotatable bonds is 6. The summed E-state index contributed by atoms with van der Waals surface area (Å²) in [6, 6.07) is 14.8. The number of anilines is 1. The van der Waals surface area contributed by atoms with Gasteiger partial charge in [0.05, 0.1) is 10.3 Å². The fourth-order valence-electron chi connectivity index (χ4n) is 2.80. The van der Waals surface area contributed by atoms with Crippen LogP contribution in [0.25, 0.3) is 6.08 Å². The summed E-state index contributed by atoms with van der Waals surface area (Å²) in [7, 11) is -5.32. The summed E-state index contributed by atoms with van der Waals surface area (Å²) in [5, 5.41) is 1.08. The summed E-state index contributed by atoms with van der Waals surface area (Å²) in [5.41, 5.74) is 1.07. The van der Waals surface area contributed by atoms with Gasteiger partial charge < -0.3 is 4.90 Å². The number of likely N-dealkylation sites (N-methyl/N-ethyl adjacent to an activating group) is 1. The average Bonchev–Trinajstić information content (AvgIpc) is 2.68. The molecule has 1 heterocycles. The molecule has 1 fully saturated rings. The van der Waals surface area contributed by atoms with Crippen LogP contribution in [-0.2, 0) is 20.0 Å². The number of hydrogen-bond donors (Lipinski definition) is 1. The van der Waals surface area contributed by atoms with Crippen molar-refractivity contribution < 1.29 is 16.8 Å². The zero-order chi connectivity index (χ0) is 20.2. The fraction of sp³-hybridized carbons (Fsp3) is 0.263.